The number of alkyl halides is 1. The minimum absolute atomic E-state index is 0.110. The zero-order valence-electron chi connectivity index (χ0n) is 20.2. The molecule has 0 spiro atoms. The maximum Gasteiger partial charge on any atom is 0.260 e. The van der Waals surface area contributed by atoms with E-state index in [2.05, 4.69) is 15.3 Å². The summed E-state index contributed by atoms with van der Waals surface area (Å²) in [6.45, 7) is 2.31. The average Bonchev–Trinajstić information content (AvgIpc) is 3.53. The Hall–Kier alpha value is -3.38. The molecule has 2 aromatic heterocycles. The molecule has 1 atom stereocenters. The molecular weight excluding hydrogens is 495 g/mol. The predicted octanol–water partition coefficient (Wildman–Crippen LogP) is 2.53. The van der Waals surface area contributed by atoms with E-state index in [0.29, 0.717) is 29.1 Å². The van der Waals surface area contributed by atoms with Gasteiger partial charge in [-0.15, -0.1) is 0 Å². The Morgan fingerprint density at radius 3 is 2.49 bits per heavy atom. The Labute approximate surface area is 214 Å². The quantitative estimate of drug-likeness (QED) is 0.289. The van der Waals surface area contributed by atoms with Crippen molar-refractivity contribution in [2.75, 3.05) is 26.2 Å². The van der Waals surface area contributed by atoms with Gasteiger partial charge in [0, 0.05) is 37.6 Å². The molecule has 0 unspecified atom stereocenters. The third-order valence-corrected chi connectivity index (χ3v) is 8.38. The summed E-state index contributed by atoms with van der Waals surface area (Å²) in [5, 5.41) is 3.33. The number of aromatic amines is 1. The first kappa shape index (κ1) is 25.3. The third-order valence-electron chi connectivity index (χ3n) is 6.50. The van der Waals surface area contributed by atoms with Gasteiger partial charge in [-0.05, 0) is 49.2 Å². The van der Waals surface area contributed by atoms with E-state index in [-0.39, 0.29) is 30.0 Å². The number of rotatable bonds is 9. The zero-order valence-corrected chi connectivity index (χ0v) is 21.0. The van der Waals surface area contributed by atoms with Crippen LogP contribution in [0.4, 0.5) is 4.39 Å². The molecule has 1 aliphatic rings. The highest BCUT2D eigenvalue weighted by Gasteiger charge is 2.32. The normalized spacial score (nSPS) is 16.5. The van der Waals surface area contributed by atoms with Crippen molar-refractivity contribution in [3.63, 3.8) is 0 Å². The fourth-order valence-electron chi connectivity index (χ4n) is 4.41. The summed E-state index contributed by atoms with van der Waals surface area (Å²) in [6, 6.07) is 14.1. The molecule has 2 aromatic carbocycles. The van der Waals surface area contributed by atoms with Crippen molar-refractivity contribution in [2.45, 2.75) is 30.5 Å². The second-order valence-corrected chi connectivity index (χ2v) is 11.1. The maximum absolute atomic E-state index is 13.5. The van der Waals surface area contributed by atoms with E-state index in [0.717, 1.165) is 30.6 Å². The Balaban J connectivity index is 1.36. The summed E-state index contributed by atoms with van der Waals surface area (Å²) in [4.78, 5) is 20.2. The largest absolute Gasteiger partial charge is 0.330 e. The average molecular weight is 525 g/mol. The second-order valence-electron chi connectivity index (χ2n) is 9.14. The number of nitrogens with two attached hydrogens (primary N) is 1. The molecule has 1 aliphatic heterocycles. The van der Waals surface area contributed by atoms with E-state index in [9.17, 15) is 17.6 Å². The van der Waals surface area contributed by atoms with Crippen molar-refractivity contribution in [3.05, 3.63) is 76.8 Å². The van der Waals surface area contributed by atoms with Gasteiger partial charge >= 0.3 is 0 Å². The Morgan fingerprint density at radius 1 is 1.08 bits per heavy atom. The number of sulfonamides is 1. The van der Waals surface area contributed by atoms with Crippen molar-refractivity contribution in [2.24, 2.45) is 5.73 Å². The Morgan fingerprint density at radius 2 is 1.81 bits per heavy atom. The highest BCUT2D eigenvalue weighted by Crippen LogP contribution is 2.26. The summed E-state index contributed by atoms with van der Waals surface area (Å²) in [5.41, 5.74) is 8.95. The lowest BCUT2D eigenvalue weighted by molar-refractivity contribution is 0.343. The topological polar surface area (TPSA) is 126 Å². The smallest absolute Gasteiger partial charge is 0.260 e. The van der Waals surface area contributed by atoms with E-state index in [1.807, 2.05) is 24.3 Å². The van der Waals surface area contributed by atoms with E-state index >= 15 is 0 Å². The van der Waals surface area contributed by atoms with Gasteiger partial charge in [0.2, 0.25) is 15.8 Å². The molecule has 3 heterocycles. The zero-order chi connectivity index (χ0) is 26.0. The van der Waals surface area contributed by atoms with Crippen molar-refractivity contribution in [1.29, 1.82) is 0 Å². The Bertz CT molecular complexity index is 1550. The van der Waals surface area contributed by atoms with Gasteiger partial charge in [-0.2, -0.15) is 4.31 Å². The van der Waals surface area contributed by atoms with Crippen LogP contribution in [0.1, 0.15) is 18.4 Å². The molecule has 5 rings (SSSR count). The number of benzene rings is 2. The van der Waals surface area contributed by atoms with Crippen LogP contribution in [-0.2, 0) is 16.6 Å². The van der Waals surface area contributed by atoms with Crippen LogP contribution < -0.4 is 16.6 Å². The number of hydrogen-bond donors (Lipinski definition) is 3. The number of halogens is 1. The number of aromatic nitrogens is 3. The monoisotopic (exact) mass is 524 g/mol. The number of fused-ring (bicyclic) bond motifs is 1. The first-order valence-electron chi connectivity index (χ1n) is 12.2. The summed E-state index contributed by atoms with van der Waals surface area (Å²) in [6.07, 6.45) is 3.53. The van der Waals surface area contributed by atoms with Gasteiger partial charge < -0.3 is 11.1 Å². The van der Waals surface area contributed by atoms with Crippen molar-refractivity contribution in [1.82, 2.24) is 24.0 Å². The molecule has 0 radical (unpaired) electrons. The molecule has 0 saturated carbocycles. The summed E-state index contributed by atoms with van der Waals surface area (Å²) < 4.78 is 42.0. The van der Waals surface area contributed by atoms with Gasteiger partial charge in [-0.25, -0.2) is 17.8 Å². The highest BCUT2D eigenvalue weighted by molar-refractivity contribution is 7.89. The van der Waals surface area contributed by atoms with E-state index in [1.54, 1.807) is 28.9 Å². The van der Waals surface area contributed by atoms with E-state index in [4.69, 9.17) is 5.73 Å². The summed E-state index contributed by atoms with van der Waals surface area (Å²) >= 11 is 0. The van der Waals surface area contributed by atoms with E-state index < -0.39 is 16.2 Å². The molecule has 37 heavy (non-hydrogen) atoms. The van der Waals surface area contributed by atoms with Gasteiger partial charge in [0.1, 0.15) is 6.17 Å². The van der Waals surface area contributed by atoms with E-state index in [1.165, 1.54) is 16.4 Å². The van der Waals surface area contributed by atoms with Crippen molar-refractivity contribution in [3.8, 4) is 22.4 Å². The number of nitrogens with one attached hydrogen (secondary N) is 2. The minimum Gasteiger partial charge on any atom is -0.330 e. The van der Waals surface area contributed by atoms with Gasteiger partial charge in [-0.1, -0.05) is 36.4 Å². The summed E-state index contributed by atoms with van der Waals surface area (Å²) in [7, 11) is -3.74. The molecule has 4 N–H and O–H groups in total. The predicted molar refractivity (Wildman–Crippen MR) is 140 cm³/mol. The van der Waals surface area contributed by atoms with Crippen molar-refractivity contribution < 1.29 is 12.8 Å². The molecule has 4 aromatic rings. The van der Waals surface area contributed by atoms with Crippen LogP contribution in [-0.4, -0.2) is 59.4 Å². The second kappa shape index (κ2) is 10.5. The standard InChI is InChI=1S/C26H29FN6O3S/c27-21-10-13-33(15-21)37(35,36)22-8-6-20(7-9-22)24-17-32-16-23(25(34)31-26(32)30-24)19-4-2-18(3-5-19)14-29-12-1-11-28/h2-9,16-17,21,29H,1,10-15,28H2,(H,30,31,34)/t21-/m1/s1. The number of H-pyrrole nitrogens is 1. The van der Waals surface area contributed by atoms with Crippen LogP contribution in [0, 0.1) is 0 Å². The molecular formula is C26H29FN6O3S. The SMILES string of the molecule is NCCCNCc1ccc(-c2cn3cc(-c4ccc(S(=O)(=O)N5CC[C@@H](F)C5)cc4)nc3[nH]c2=O)cc1. The van der Waals surface area contributed by atoms with Gasteiger partial charge in [-0.3, -0.25) is 14.2 Å². The maximum atomic E-state index is 13.5. The molecule has 1 fully saturated rings. The lowest BCUT2D eigenvalue weighted by atomic mass is 10.1. The molecule has 9 nitrogen and oxygen atoms in total. The molecule has 0 amide bonds. The molecule has 0 aliphatic carbocycles. The fourth-order valence-corrected chi connectivity index (χ4v) is 5.89. The molecule has 11 heteroatoms. The van der Waals surface area contributed by atoms with Crippen LogP contribution in [0.15, 0.2) is 70.6 Å². The third kappa shape index (κ3) is 5.35. The number of imidazole rings is 1. The van der Waals surface area contributed by atoms with Crippen LogP contribution in [0.25, 0.3) is 28.2 Å². The number of hydrogen-bond acceptors (Lipinski definition) is 6. The van der Waals surface area contributed by atoms with Crippen LogP contribution in [0.3, 0.4) is 0 Å². The minimum atomic E-state index is -3.74. The molecule has 194 valence electrons. The van der Waals surface area contributed by atoms with Crippen LogP contribution in [0.2, 0.25) is 0 Å². The fraction of sp³-hybridized carbons (Fsp3) is 0.308. The first-order valence-corrected chi connectivity index (χ1v) is 13.7. The van der Waals surface area contributed by atoms with Gasteiger partial charge in [0.05, 0.1) is 16.2 Å². The highest BCUT2D eigenvalue weighted by atomic mass is 32.2. The summed E-state index contributed by atoms with van der Waals surface area (Å²) in [5.74, 6) is 0.382. The van der Waals surface area contributed by atoms with Crippen molar-refractivity contribution >= 4 is 15.8 Å². The van der Waals surface area contributed by atoms with Gasteiger partial charge in [0.15, 0.2) is 0 Å². The first-order chi connectivity index (χ1) is 17.8. The van der Waals surface area contributed by atoms with Crippen LogP contribution >= 0.6 is 0 Å². The lowest BCUT2D eigenvalue weighted by Gasteiger charge is -2.15. The molecule has 1 saturated heterocycles. The van der Waals surface area contributed by atoms with Gasteiger partial charge in [0.25, 0.3) is 5.56 Å². The van der Waals surface area contributed by atoms with Crippen LogP contribution in [0.5, 0.6) is 0 Å². The lowest BCUT2D eigenvalue weighted by Crippen LogP contribution is -2.29. The number of nitrogens with zero attached hydrogens (tertiary/aromatic N) is 3. The molecule has 0 bridgehead atoms. The Kier molecular flexibility index (Phi) is 7.20.